The van der Waals surface area contributed by atoms with E-state index in [0.29, 0.717) is 48.6 Å². The van der Waals surface area contributed by atoms with Gasteiger partial charge < -0.3 is 25.0 Å². The van der Waals surface area contributed by atoms with Crippen LogP contribution in [0, 0.1) is 17.2 Å². The van der Waals surface area contributed by atoms with Crippen LogP contribution in [0.1, 0.15) is 39.3 Å². The first-order valence-electron chi connectivity index (χ1n) is 14.2. The van der Waals surface area contributed by atoms with E-state index in [1.54, 1.807) is 4.90 Å². The Bertz CT molecular complexity index is 1560. The van der Waals surface area contributed by atoms with Crippen LogP contribution in [-0.4, -0.2) is 56.4 Å². The molecule has 1 aliphatic heterocycles. The number of aromatic nitrogens is 4. The summed E-state index contributed by atoms with van der Waals surface area (Å²) in [6.07, 6.45) is 4.33. The summed E-state index contributed by atoms with van der Waals surface area (Å²) in [5.41, 5.74) is 2.08. The van der Waals surface area contributed by atoms with E-state index in [0.717, 1.165) is 29.8 Å². The van der Waals surface area contributed by atoms with Gasteiger partial charge in [0.15, 0.2) is 11.5 Å². The maximum atomic E-state index is 12.5. The van der Waals surface area contributed by atoms with E-state index in [4.69, 9.17) is 14.7 Å². The van der Waals surface area contributed by atoms with Crippen molar-refractivity contribution in [3.63, 3.8) is 0 Å². The molecule has 1 amide bonds. The average Bonchev–Trinajstić information content (AvgIpc) is 3.01. The third-order valence-corrected chi connectivity index (χ3v) is 6.77. The quantitative estimate of drug-likeness (QED) is 0.241. The number of para-hydroxylation sites is 1. The fourth-order valence-corrected chi connectivity index (χ4v) is 4.59. The maximum absolute atomic E-state index is 12.5. The summed E-state index contributed by atoms with van der Waals surface area (Å²) in [7, 11) is 0. The molecular weight excluding hydrogens is 544 g/mol. The summed E-state index contributed by atoms with van der Waals surface area (Å²) in [6, 6.07) is 21.2. The van der Waals surface area contributed by atoms with Crippen LogP contribution in [0.5, 0.6) is 11.5 Å². The Balaban J connectivity index is 1.30. The highest BCUT2D eigenvalue weighted by Crippen LogP contribution is 2.31. The highest BCUT2D eigenvalue weighted by Gasteiger charge is 2.27. The molecule has 5 rings (SSSR count). The van der Waals surface area contributed by atoms with E-state index >= 15 is 0 Å². The summed E-state index contributed by atoms with van der Waals surface area (Å²) in [5.74, 6) is 2.77. The molecule has 2 aromatic heterocycles. The number of likely N-dealkylation sites (tertiary alicyclic amines) is 1. The molecule has 1 aliphatic rings. The predicted molar refractivity (Wildman–Crippen MR) is 163 cm³/mol. The molecule has 220 valence electrons. The Kier molecular flexibility index (Phi) is 8.96. The number of anilines is 3. The van der Waals surface area contributed by atoms with Gasteiger partial charge in [-0.3, -0.25) is 0 Å². The highest BCUT2D eigenvalue weighted by molar-refractivity contribution is 5.76. The first-order valence-corrected chi connectivity index (χ1v) is 14.2. The lowest BCUT2D eigenvalue weighted by Gasteiger charge is -2.33. The summed E-state index contributed by atoms with van der Waals surface area (Å²) in [4.78, 5) is 22.5. The van der Waals surface area contributed by atoms with Gasteiger partial charge >= 0.3 is 6.09 Å². The molecular formula is C32H34N8O3. The number of rotatable bonds is 8. The van der Waals surface area contributed by atoms with Gasteiger partial charge in [0.05, 0.1) is 18.1 Å². The molecule has 2 aromatic carbocycles. The first-order chi connectivity index (χ1) is 20.8. The van der Waals surface area contributed by atoms with Crippen molar-refractivity contribution in [2.24, 2.45) is 5.92 Å². The highest BCUT2D eigenvalue weighted by atomic mass is 16.6. The lowest BCUT2D eigenvalue weighted by atomic mass is 9.97. The van der Waals surface area contributed by atoms with Gasteiger partial charge in [-0.1, -0.05) is 18.2 Å². The molecule has 0 unspecified atom stereocenters. The van der Waals surface area contributed by atoms with E-state index in [9.17, 15) is 4.79 Å². The second kappa shape index (κ2) is 13.2. The molecule has 0 radical (unpaired) electrons. The van der Waals surface area contributed by atoms with Crippen LogP contribution in [0.3, 0.4) is 0 Å². The Morgan fingerprint density at radius 1 is 0.977 bits per heavy atom. The van der Waals surface area contributed by atoms with Crippen molar-refractivity contribution in [1.82, 2.24) is 25.1 Å². The van der Waals surface area contributed by atoms with Crippen LogP contribution < -0.4 is 15.4 Å². The molecule has 0 atom stereocenters. The number of ether oxygens (including phenoxy) is 2. The number of nitrogens with zero attached hydrogens (tertiary/aromatic N) is 6. The smallest absolute Gasteiger partial charge is 0.410 e. The van der Waals surface area contributed by atoms with Gasteiger partial charge in [0.25, 0.3) is 0 Å². The minimum Gasteiger partial charge on any atom is -0.457 e. The molecule has 3 heterocycles. The molecule has 0 aliphatic carbocycles. The van der Waals surface area contributed by atoms with Crippen LogP contribution in [0.25, 0.3) is 11.3 Å². The van der Waals surface area contributed by atoms with E-state index in [2.05, 4.69) is 30.8 Å². The molecule has 2 N–H and O–H groups in total. The van der Waals surface area contributed by atoms with Gasteiger partial charge in [0.1, 0.15) is 34.7 Å². The van der Waals surface area contributed by atoms with Crippen molar-refractivity contribution in [3.8, 4) is 28.8 Å². The maximum Gasteiger partial charge on any atom is 0.410 e. The first kappa shape index (κ1) is 29.3. The van der Waals surface area contributed by atoms with E-state index in [-0.39, 0.29) is 11.8 Å². The third-order valence-electron chi connectivity index (χ3n) is 6.77. The molecule has 4 aromatic rings. The van der Waals surface area contributed by atoms with Crippen molar-refractivity contribution < 1.29 is 14.3 Å². The predicted octanol–water partition coefficient (Wildman–Crippen LogP) is 6.40. The van der Waals surface area contributed by atoms with Crippen molar-refractivity contribution in [1.29, 1.82) is 5.26 Å². The fourth-order valence-electron chi connectivity index (χ4n) is 4.59. The SMILES string of the molecule is CC(C)(C)OC(=O)N1CCC(CNc2cc(Nc3cnc(C#N)cn3)nnc2-c2ccc(Oc3ccccc3)cc2)CC1. The Morgan fingerprint density at radius 3 is 2.35 bits per heavy atom. The number of nitriles is 1. The lowest BCUT2D eigenvalue weighted by molar-refractivity contribution is 0.0188. The zero-order valence-corrected chi connectivity index (χ0v) is 24.4. The number of hydrogen-bond donors (Lipinski definition) is 2. The number of carbonyl (C=O) groups excluding carboxylic acids is 1. The summed E-state index contributed by atoms with van der Waals surface area (Å²) in [6.45, 7) is 7.63. The van der Waals surface area contributed by atoms with Crippen LogP contribution >= 0.6 is 0 Å². The van der Waals surface area contributed by atoms with Crippen LogP contribution in [-0.2, 0) is 4.74 Å². The molecule has 11 nitrogen and oxygen atoms in total. The lowest BCUT2D eigenvalue weighted by Crippen LogP contribution is -2.42. The summed E-state index contributed by atoms with van der Waals surface area (Å²) >= 11 is 0. The Labute approximate surface area is 250 Å². The monoisotopic (exact) mass is 578 g/mol. The number of amides is 1. The molecule has 11 heteroatoms. The van der Waals surface area contributed by atoms with Crippen molar-refractivity contribution >= 4 is 23.4 Å². The molecule has 1 saturated heterocycles. The number of piperidine rings is 1. The van der Waals surface area contributed by atoms with Gasteiger partial charge in [-0.2, -0.15) is 5.26 Å². The molecule has 43 heavy (non-hydrogen) atoms. The number of nitrogens with one attached hydrogen (secondary N) is 2. The minimum atomic E-state index is -0.513. The summed E-state index contributed by atoms with van der Waals surface area (Å²) < 4.78 is 11.5. The zero-order valence-electron chi connectivity index (χ0n) is 24.4. The normalized spacial score (nSPS) is 13.6. The Morgan fingerprint density at radius 2 is 1.70 bits per heavy atom. The fraction of sp³-hybridized carbons (Fsp3) is 0.312. The van der Waals surface area contributed by atoms with Crippen molar-refractivity contribution in [2.45, 2.75) is 39.2 Å². The number of benzene rings is 2. The number of hydrogen-bond acceptors (Lipinski definition) is 10. The second-order valence-electron chi connectivity index (χ2n) is 11.2. The molecule has 1 fully saturated rings. The van der Waals surface area contributed by atoms with Crippen molar-refractivity contribution in [2.75, 3.05) is 30.3 Å². The summed E-state index contributed by atoms with van der Waals surface area (Å²) in [5, 5.41) is 24.6. The average molecular weight is 579 g/mol. The van der Waals surface area contributed by atoms with Gasteiger partial charge in [-0.05, 0) is 75.9 Å². The standard InChI is InChI=1S/C32H34N8O3/c1-32(2,3)43-31(41)40-15-13-22(14-16-40)19-35-27-17-28(37-29-21-34-24(18-33)20-36-29)38-39-30(27)23-9-11-26(12-10-23)42-25-7-5-4-6-8-25/h4-12,17,20-22H,13-16,19H2,1-3H3,(H2,35,36,37,38). The van der Waals surface area contributed by atoms with Crippen LogP contribution in [0.15, 0.2) is 73.1 Å². The van der Waals surface area contributed by atoms with Gasteiger partial charge in [-0.25, -0.2) is 14.8 Å². The largest absolute Gasteiger partial charge is 0.457 e. The zero-order chi connectivity index (χ0) is 30.2. The molecule has 0 saturated carbocycles. The van der Waals surface area contributed by atoms with Gasteiger partial charge in [0, 0.05) is 31.3 Å². The second-order valence-corrected chi connectivity index (χ2v) is 11.2. The molecule has 0 bridgehead atoms. The number of carbonyl (C=O) groups is 1. The minimum absolute atomic E-state index is 0.228. The molecule has 0 spiro atoms. The Hall–Kier alpha value is -5.24. The van der Waals surface area contributed by atoms with E-state index in [1.807, 2.05) is 87.5 Å². The van der Waals surface area contributed by atoms with E-state index in [1.165, 1.54) is 12.4 Å². The van der Waals surface area contributed by atoms with Crippen LogP contribution in [0.2, 0.25) is 0 Å². The third kappa shape index (κ3) is 8.16. The van der Waals surface area contributed by atoms with Gasteiger partial charge in [0.2, 0.25) is 0 Å². The topological polar surface area (TPSA) is 138 Å². The van der Waals surface area contributed by atoms with Crippen LogP contribution in [0.4, 0.5) is 22.1 Å². The van der Waals surface area contributed by atoms with Crippen molar-refractivity contribution in [3.05, 3.63) is 78.8 Å². The van der Waals surface area contributed by atoms with E-state index < -0.39 is 5.60 Å². The van der Waals surface area contributed by atoms with Gasteiger partial charge in [-0.15, -0.1) is 10.2 Å².